The van der Waals surface area contributed by atoms with Gasteiger partial charge in [0.25, 0.3) is 0 Å². The number of hydrogen-bond donors (Lipinski definition) is 0. The van der Waals surface area contributed by atoms with E-state index in [1.807, 2.05) is 26.0 Å². The molecule has 0 aliphatic heterocycles. The predicted octanol–water partition coefficient (Wildman–Crippen LogP) is 2.84. The molecule has 0 saturated carbocycles. The molecule has 0 fully saturated rings. The molecule has 0 amide bonds. The first-order valence-electron chi connectivity index (χ1n) is 4.93. The van der Waals surface area contributed by atoms with Crippen molar-refractivity contribution in [1.82, 2.24) is 9.97 Å². The molecule has 0 unspecified atom stereocenters. The zero-order valence-corrected chi connectivity index (χ0v) is 8.57. The van der Waals surface area contributed by atoms with Crippen LogP contribution in [0.4, 0.5) is 0 Å². The lowest BCUT2D eigenvalue weighted by Crippen LogP contribution is -1.75. The van der Waals surface area contributed by atoms with Crippen molar-refractivity contribution in [3.8, 4) is 0 Å². The normalized spacial score (nSPS) is 11.6. The van der Waals surface area contributed by atoms with Gasteiger partial charge in [0.2, 0.25) is 0 Å². The van der Waals surface area contributed by atoms with Gasteiger partial charge in [-0.2, -0.15) is 0 Å². The number of nitrogens with zero attached hydrogens (tertiary/aromatic N) is 2. The lowest BCUT2D eigenvalue weighted by atomic mass is 10.3. The first kappa shape index (κ1) is 8.47. The van der Waals surface area contributed by atoms with Crippen molar-refractivity contribution in [2.45, 2.75) is 20.3 Å². The quantitative estimate of drug-likeness (QED) is 0.608. The van der Waals surface area contributed by atoms with Crippen LogP contribution >= 0.6 is 0 Å². The molecule has 15 heavy (non-hydrogen) atoms. The predicted molar refractivity (Wildman–Crippen MR) is 55.7 cm³/mol. The third kappa shape index (κ3) is 1.21. The SMILES string of the molecule is CCc1nc2cc3nc(C)oc3cc2o1. The molecule has 0 bridgehead atoms. The average molecular weight is 202 g/mol. The summed E-state index contributed by atoms with van der Waals surface area (Å²) in [4.78, 5) is 8.59. The second-order valence-electron chi connectivity index (χ2n) is 3.48. The van der Waals surface area contributed by atoms with Crippen LogP contribution in [0, 0.1) is 6.92 Å². The fraction of sp³-hybridized carbons (Fsp3) is 0.273. The van der Waals surface area contributed by atoms with Gasteiger partial charge in [0, 0.05) is 19.4 Å². The van der Waals surface area contributed by atoms with E-state index in [2.05, 4.69) is 9.97 Å². The Hall–Kier alpha value is -1.84. The van der Waals surface area contributed by atoms with E-state index in [4.69, 9.17) is 8.83 Å². The average Bonchev–Trinajstić information content (AvgIpc) is 2.74. The summed E-state index contributed by atoms with van der Waals surface area (Å²) in [5.74, 6) is 1.41. The van der Waals surface area contributed by atoms with Gasteiger partial charge >= 0.3 is 0 Å². The van der Waals surface area contributed by atoms with Crippen molar-refractivity contribution in [2.24, 2.45) is 0 Å². The van der Waals surface area contributed by atoms with E-state index in [-0.39, 0.29) is 0 Å². The molecule has 3 aromatic rings. The molecule has 0 spiro atoms. The summed E-state index contributed by atoms with van der Waals surface area (Å²) in [6.07, 6.45) is 0.794. The Morgan fingerprint density at radius 3 is 2.60 bits per heavy atom. The summed E-state index contributed by atoms with van der Waals surface area (Å²) in [5, 5.41) is 0. The molecular formula is C11H10N2O2. The Labute approximate surface area is 85.9 Å². The number of oxazole rings is 2. The fourth-order valence-electron chi connectivity index (χ4n) is 1.66. The van der Waals surface area contributed by atoms with Crippen molar-refractivity contribution in [3.05, 3.63) is 23.9 Å². The summed E-state index contributed by atoms with van der Waals surface area (Å²) < 4.78 is 11.0. The molecule has 76 valence electrons. The topological polar surface area (TPSA) is 52.1 Å². The molecule has 4 nitrogen and oxygen atoms in total. The van der Waals surface area contributed by atoms with Crippen LogP contribution in [0.3, 0.4) is 0 Å². The zero-order chi connectivity index (χ0) is 10.4. The second-order valence-corrected chi connectivity index (χ2v) is 3.48. The summed E-state index contributed by atoms with van der Waals surface area (Å²) in [6.45, 7) is 3.84. The van der Waals surface area contributed by atoms with Crippen molar-refractivity contribution < 1.29 is 8.83 Å². The van der Waals surface area contributed by atoms with Gasteiger partial charge in [0.15, 0.2) is 22.9 Å². The third-order valence-electron chi connectivity index (χ3n) is 2.35. The lowest BCUT2D eigenvalue weighted by Gasteiger charge is -1.85. The molecule has 1 aromatic carbocycles. The van der Waals surface area contributed by atoms with Crippen LogP contribution < -0.4 is 0 Å². The van der Waals surface area contributed by atoms with Crippen LogP contribution in [0.15, 0.2) is 21.0 Å². The molecule has 0 atom stereocenters. The summed E-state index contributed by atoms with van der Waals surface area (Å²) in [6, 6.07) is 3.74. The van der Waals surface area contributed by atoms with Gasteiger partial charge in [0.1, 0.15) is 11.0 Å². The molecule has 2 heterocycles. The van der Waals surface area contributed by atoms with Crippen LogP contribution in [-0.2, 0) is 6.42 Å². The molecular weight excluding hydrogens is 192 g/mol. The minimum Gasteiger partial charge on any atom is -0.441 e. The van der Waals surface area contributed by atoms with Crippen LogP contribution in [0.1, 0.15) is 18.7 Å². The van der Waals surface area contributed by atoms with Crippen molar-refractivity contribution >= 4 is 22.2 Å². The van der Waals surface area contributed by atoms with Gasteiger partial charge in [-0.15, -0.1) is 0 Å². The molecule has 0 radical (unpaired) electrons. The third-order valence-corrected chi connectivity index (χ3v) is 2.35. The number of rotatable bonds is 1. The number of hydrogen-bond acceptors (Lipinski definition) is 4. The van der Waals surface area contributed by atoms with Gasteiger partial charge in [0.05, 0.1) is 0 Å². The number of benzene rings is 1. The highest BCUT2D eigenvalue weighted by molar-refractivity contribution is 5.89. The first-order valence-corrected chi connectivity index (χ1v) is 4.93. The van der Waals surface area contributed by atoms with Crippen LogP contribution in [0.5, 0.6) is 0 Å². The van der Waals surface area contributed by atoms with E-state index in [0.29, 0.717) is 5.89 Å². The number of aromatic nitrogens is 2. The minimum absolute atomic E-state index is 0.661. The molecule has 0 aliphatic rings. The van der Waals surface area contributed by atoms with E-state index in [0.717, 1.165) is 34.5 Å². The van der Waals surface area contributed by atoms with Crippen LogP contribution in [-0.4, -0.2) is 9.97 Å². The lowest BCUT2D eigenvalue weighted by molar-refractivity contribution is 0.535. The van der Waals surface area contributed by atoms with Crippen molar-refractivity contribution in [1.29, 1.82) is 0 Å². The van der Waals surface area contributed by atoms with Crippen molar-refractivity contribution in [2.75, 3.05) is 0 Å². The Bertz CT molecular complexity index is 585. The highest BCUT2D eigenvalue weighted by Crippen LogP contribution is 2.23. The standard InChI is InChI=1S/C11H10N2O2/c1-3-11-13-8-4-7-9(5-10(8)15-11)14-6(2)12-7/h4-5H,3H2,1-2H3. The monoisotopic (exact) mass is 202 g/mol. The smallest absolute Gasteiger partial charge is 0.195 e. The summed E-state index contributed by atoms with van der Waals surface area (Å²) >= 11 is 0. The minimum atomic E-state index is 0.661. The van der Waals surface area contributed by atoms with E-state index in [1.54, 1.807) is 0 Å². The molecule has 3 rings (SSSR count). The number of aryl methyl sites for hydroxylation is 2. The van der Waals surface area contributed by atoms with E-state index in [9.17, 15) is 0 Å². The highest BCUT2D eigenvalue weighted by atomic mass is 16.4. The van der Waals surface area contributed by atoms with E-state index in [1.165, 1.54) is 0 Å². The number of fused-ring (bicyclic) bond motifs is 2. The Balaban J connectivity index is 2.37. The van der Waals surface area contributed by atoms with Crippen molar-refractivity contribution in [3.63, 3.8) is 0 Å². The van der Waals surface area contributed by atoms with Gasteiger partial charge in [-0.1, -0.05) is 6.92 Å². The Morgan fingerprint density at radius 1 is 1.07 bits per heavy atom. The van der Waals surface area contributed by atoms with Crippen LogP contribution in [0.2, 0.25) is 0 Å². The summed E-state index contributed by atoms with van der Waals surface area (Å²) in [7, 11) is 0. The Kier molecular flexibility index (Phi) is 1.59. The maximum Gasteiger partial charge on any atom is 0.195 e. The van der Waals surface area contributed by atoms with Gasteiger partial charge < -0.3 is 8.83 Å². The van der Waals surface area contributed by atoms with Gasteiger partial charge in [-0.25, -0.2) is 9.97 Å². The summed E-state index contributed by atoms with van der Waals surface area (Å²) in [5.41, 5.74) is 3.18. The molecule has 4 heteroatoms. The molecule has 0 saturated heterocycles. The second kappa shape index (κ2) is 2.82. The molecule has 0 N–H and O–H groups in total. The maximum absolute atomic E-state index is 5.54. The molecule has 0 aliphatic carbocycles. The fourth-order valence-corrected chi connectivity index (χ4v) is 1.66. The first-order chi connectivity index (χ1) is 7.26. The largest absolute Gasteiger partial charge is 0.441 e. The Morgan fingerprint density at radius 2 is 1.80 bits per heavy atom. The highest BCUT2D eigenvalue weighted by Gasteiger charge is 2.09. The maximum atomic E-state index is 5.54. The van der Waals surface area contributed by atoms with Crippen LogP contribution in [0.25, 0.3) is 22.2 Å². The van der Waals surface area contributed by atoms with Gasteiger partial charge in [-0.3, -0.25) is 0 Å². The zero-order valence-electron chi connectivity index (χ0n) is 8.57. The van der Waals surface area contributed by atoms with Gasteiger partial charge in [-0.05, 0) is 6.07 Å². The molecule has 2 aromatic heterocycles. The van der Waals surface area contributed by atoms with E-state index >= 15 is 0 Å². The van der Waals surface area contributed by atoms with E-state index < -0.39 is 0 Å².